The molecule has 3 rings (SSSR count). The van der Waals surface area contributed by atoms with Crippen LogP contribution in [0.3, 0.4) is 0 Å². The van der Waals surface area contributed by atoms with Crippen molar-refractivity contribution in [3.05, 3.63) is 65.9 Å². The van der Waals surface area contributed by atoms with Gasteiger partial charge in [0.25, 0.3) is 0 Å². The quantitative estimate of drug-likeness (QED) is 0.736. The maximum Gasteiger partial charge on any atom is 0.144 e. The smallest absolute Gasteiger partial charge is 0.144 e. The van der Waals surface area contributed by atoms with E-state index in [1.807, 2.05) is 29.9 Å². The number of nitrogens with zero attached hydrogens (tertiary/aromatic N) is 4. The molecule has 0 radical (unpaired) electrons. The van der Waals surface area contributed by atoms with Gasteiger partial charge in [-0.15, -0.1) is 0 Å². The van der Waals surface area contributed by atoms with Crippen LogP contribution in [0.25, 0.3) is 0 Å². The van der Waals surface area contributed by atoms with E-state index in [4.69, 9.17) is 9.47 Å². The molecule has 0 spiro atoms. The zero-order valence-electron chi connectivity index (χ0n) is 14.8. The molecule has 1 N–H and O–H groups in total. The van der Waals surface area contributed by atoms with E-state index in [1.165, 1.54) is 0 Å². The summed E-state index contributed by atoms with van der Waals surface area (Å²) in [6.07, 6.45) is 5.24. The molecular formula is C19H19N5O2. The van der Waals surface area contributed by atoms with Gasteiger partial charge < -0.3 is 19.4 Å². The second-order valence-corrected chi connectivity index (χ2v) is 5.63. The highest BCUT2D eigenvalue weighted by Gasteiger charge is 2.21. The Labute approximate surface area is 151 Å². The summed E-state index contributed by atoms with van der Waals surface area (Å²) in [5.41, 5.74) is 1.34. The minimum Gasteiger partial charge on any atom is -0.497 e. The third kappa shape index (κ3) is 3.44. The first-order valence-corrected chi connectivity index (χ1v) is 7.98. The number of nitriles is 1. The van der Waals surface area contributed by atoms with Crippen LogP contribution in [0.1, 0.15) is 23.0 Å². The molecule has 0 saturated heterocycles. The van der Waals surface area contributed by atoms with Gasteiger partial charge in [-0.1, -0.05) is 0 Å². The van der Waals surface area contributed by atoms with Gasteiger partial charge in [0, 0.05) is 31.7 Å². The Morgan fingerprint density at radius 1 is 1.12 bits per heavy atom. The number of ether oxygens (including phenoxy) is 2. The van der Waals surface area contributed by atoms with Crippen LogP contribution >= 0.6 is 0 Å². The Balaban J connectivity index is 2.11. The van der Waals surface area contributed by atoms with E-state index in [1.54, 1.807) is 44.8 Å². The van der Waals surface area contributed by atoms with Gasteiger partial charge in [-0.3, -0.25) is 0 Å². The van der Waals surface area contributed by atoms with Gasteiger partial charge in [0.2, 0.25) is 0 Å². The molecule has 7 heteroatoms. The van der Waals surface area contributed by atoms with Crippen LogP contribution in [-0.4, -0.2) is 28.8 Å². The lowest BCUT2D eigenvalue weighted by molar-refractivity contribution is 0.393. The number of hydrogen-bond donors (Lipinski definition) is 1. The Bertz CT molecular complexity index is 923. The van der Waals surface area contributed by atoms with E-state index >= 15 is 0 Å². The summed E-state index contributed by atoms with van der Waals surface area (Å²) in [6, 6.07) is 10.9. The Morgan fingerprint density at radius 2 is 1.85 bits per heavy atom. The summed E-state index contributed by atoms with van der Waals surface area (Å²) in [6.45, 7) is 0. The Morgan fingerprint density at radius 3 is 2.42 bits per heavy atom. The lowest BCUT2D eigenvalue weighted by atomic mass is 10.0. The van der Waals surface area contributed by atoms with Crippen LogP contribution in [-0.2, 0) is 7.05 Å². The van der Waals surface area contributed by atoms with Gasteiger partial charge in [0.15, 0.2) is 0 Å². The van der Waals surface area contributed by atoms with Crippen molar-refractivity contribution in [2.45, 2.75) is 6.04 Å². The average molecular weight is 349 g/mol. The van der Waals surface area contributed by atoms with Crippen molar-refractivity contribution in [1.82, 2.24) is 14.5 Å². The summed E-state index contributed by atoms with van der Waals surface area (Å²) in [4.78, 5) is 8.77. The van der Waals surface area contributed by atoms with E-state index in [2.05, 4.69) is 21.4 Å². The number of methoxy groups -OCH3 is 2. The molecule has 7 nitrogen and oxygen atoms in total. The van der Waals surface area contributed by atoms with Crippen LogP contribution in [0, 0.1) is 11.3 Å². The maximum atomic E-state index is 9.36. The molecule has 0 fully saturated rings. The van der Waals surface area contributed by atoms with Crippen molar-refractivity contribution in [2.75, 3.05) is 19.5 Å². The van der Waals surface area contributed by atoms with Crippen molar-refractivity contribution >= 4 is 5.82 Å². The van der Waals surface area contributed by atoms with Gasteiger partial charge in [0.1, 0.15) is 35.3 Å². The molecule has 2 aromatic heterocycles. The number of pyridine rings is 1. The molecule has 0 aliphatic heterocycles. The number of hydrogen-bond acceptors (Lipinski definition) is 6. The molecule has 2 heterocycles. The van der Waals surface area contributed by atoms with Gasteiger partial charge in [-0.05, 0) is 29.8 Å². The molecule has 1 aromatic carbocycles. The summed E-state index contributed by atoms with van der Waals surface area (Å²) in [7, 11) is 5.13. The number of aryl methyl sites for hydroxylation is 1. The lowest BCUT2D eigenvalue weighted by Gasteiger charge is -2.21. The van der Waals surface area contributed by atoms with E-state index < -0.39 is 0 Å². The van der Waals surface area contributed by atoms with Crippen LogP contribution < -0.4 is 14.8 Å². The zero-order valence-corrected chi connectivity index (χ0v) is 14.8. The highest BCUT2D eigenvalue weighted by atomic mass is 16.5. The predicted octanol–water partition coefficient (Wildman–Crippen LogP) is 2.91. The van der Waals surface area contributed by atoms with Crippen molar-refractivity contribution in [3.63, 3.8) is 0 Å². The highest BCUT2D eigenvalue weighted by Crippen LogP contribution is 2.32. The minimum atomic E-state index is -0.346. The fraction of sp³-hybridized carbons (Fsp3) is 0.211. The summed E-state index contributed by atoms with van der Waals surface area (Å²) < 4.78 is 12.7. The first kappa shape index (κ1) is 17.3. The SMILES string of the molecule is COc1cc(OC)cc(C(Nc2ncccc2C#N)c2nccn2C)c1. The van der Waals surface area contributed by atoms with Crippen LogP contribution in [0.5, 0.6) is 11.5 Å². The molecule has 0 aliphatic carbocycles. The molecule has 26 heavy (non-hydrogen) atoms. The molecule has 0 aliphatic rings. The number of aromatic nitrogens is 3. The number of anilines is 1. The fourth-order valence-electron chi connectivity index (χ4n) is 2.70. The number of imidazole rings is 1. The first-order chi connectivity index (χ1) is 12.7. The van der Waals surface area contributed by atoms with Crippen LogP contribution in [0.15, 0.2) is 48.9 Å². The van der Waals surface area contributed by atoms with E-state index in [-0.39, 0.29) is 6.04 Å². The summed E-state index contributed by atoms with van der Waals surface area (Å²) in [5.74, 6) is 2.60. The Kier molecular flexibility index (Phi) is 5.04. The largest absolute Gasteiger partial charge is 0.497 e. The van der Waals surface area contributed by atoms with Gasteiger partial charge in [0.05, 0.1) is 19.8 Å². The monoisotopic (exact) mass is 349 g/mol. The van der Waals surface area contributed by atoms with E-state index in [0.29, 0.717) is 22.9 Å². The summed E-state index contributed by atoms with van der Waals surface area (Å²) >= 11 is 0. The zero-order chi connectivity index (χ0) is 18.5. The van der Waals surface area contributed by atoms with E-state index in [9.17, 15) is 5.26 Å². The van der Waals surface area contributed by atoms with Gasteiger partial charge in [-0.2, -0.15) is 5.26 Å². The second kappa shape index (κ2) is 7.57. The standard InChI is InChI=1S/C19H19N5O2/c1-24-8-7-22-19(24)17(23-18-13(12-20)5-4-6-21-18)14-9-15(25-2)11-16(10-14)26-3/h4-11,17H,1-3H3,(H,21,23). The lowest BCUT2D eigenvalue weighted by Crippen LogP contribution is -2.18. The van der Waals surface area contributed by atoms with Gasteiger partial charge in [-0.25, -0.2) is 9.97 Å². The number of benzene rings is 1. The molecule has 0 bridgehead atoms. The van der Waals surface area contributed by atoms with Crippen LogP contribution in [0.2, 0.25) is 0 Å². The maximum absolute atomic E-state index is 9.36. The normalized spacial score (nSPS) is 11.5. The van der Waals surface area contributed by atoms with Crippen molar-refractivity contribution in [1.29, 1.82) is 5.26 Å². The molecule has 132 valence electrons. The van der Waals surface area contributed by atoms with Crippen LogP contribution in [0.4, 0.5) is 5.82 Å². The highest BCUT2D eigenvalue weighted by molar-refractivity contribution is 5.54. The van der Waals surface area contributed by atoms with Crippen molar-refractivity contribution < 1.29 is 9.47 Å². The average Bonchev–Trinajstić information content (AvgIpc) is 3.11. The fourth-order valence-corrected chi connectivity index (χ4v) is 2.70. The molecule has 1 atom stereocenters. The predicted molar refractivity (Wildman–Crippen MR) is 97.2 cm³/mol. The molecule has 0 amide bonds. The first-order valence-electron chi connectivity index (χ1n) is 7.98. The number of nitrogens with one attached hydrogen (secondary N) is 1. The van der Waals surface area contributed by atoms with Gasteiger partial charge >= 0.3 is 0 Å². The molecule has 1 unspecified atom stereocenters. The second-order valence-electron chi connectivity index (χ2n) is 5.63. The van der Waals surface area contributed by atoms with Crippen molar-refractivity contribution in [2.24, 2.45) is 7.05 Å². The van der Waals surface area contributed by atoms with E-state index in [0.717, 1.165) is 11.4 Å². The van der Waals surface area contributed by atoms with Crippen molar-refractivity contribution in [3.8, 4) is 17.6 Å². The molecule has 3 aromatic rings. The topological polar surface area (TPSA) is 85.0 Å². The minimum absolute atomic E-state index is 0.346. The molecule has 0 saturated carbocycles. The Hall–Kier alpha value is -3.53. The summed E-state index contributed by atoms with van der Waals surface area (Å²) in [5, 5.41) is 12.7. The third-order valence-corrected chi connectivity index (χ3v) is 4.03. The third-order valence-electron chi connectivity index (χ3n) is 4.03. The number of rotatable bonds is 6. The molecular weight excluding hydrogens is 330 g/mol.